The lowest BCUT2D eigenvalue weighted by atomic mass is 10.0. The number of aromatic carboxylic acids is 1. The molecule has 6 heteroatoms. The smallest absolute Gasteiger partial charge is 0.335 e. The van der Waals surface area contributed by atoms with Gasteiger partial charge in [-0.05, 0) is 23.8 Å². The number of aromatic nitrogens is 2. The van der Waals surface area contributed by atoms with E-state index in [9.17, 15) is 9.59 Å². The first-order valence-electron chi connectivity index (χ1n) is 5.55. The Labute approximate surface area is 109 Å². The number of amides is 1. The van der Waals surface area contributed by atoms with E-state index >= 15 is 0 Å². The van der Waals surface area contributed by atoms with Gasteiger partial charge in [-0.25, -0.2) is 4.79 Å². The van der Waals surface area contributed by atoms with Gasteiger partial charge >= 0.3 is 5.97 Å². The Morgan fingerprint density at radius 2 is 1.95 bits per heavy atom. The third kappa shape index (κ3) is 3.35. The fourth-order valence-corrected chi connectivity index (χ4v) is 1.61. The number of hydrogen-bond acceptors (Lipinski definition) is 4. The van der Waals surface area contributed by atoms with Gasteiger partial charge in [-0.1, -0.05) is 18.2 Å². The molecule has 0 bridgehead atoms. The van der Waals surface area contributed by atoms with E-state index < -0.39 is 5.97 Å². The van der Waals surface area contributed by atoms with Crippen LogP contribution in [-0.4, -0.2) is 27.2 Å². The van der Waals surface area contributed by atoms with Crippen LogP contribution in [0.2, 0.25) is 0 Å². The van der Waals surface area contributed by atoms with Crippen molar-refractivity contribution in [2.24, 2.45) is 0 Å². The average molecular weight is 257 g/mol. The van der Waals surface area contributed by atoms with Crippen LogP contribution >= 0.6 is 0 Å². The summed E-state index contributed by atoms with van der Waals surface area (Å²) in [4.78, 5) is 22.8. The number of benzene rings is 1. The number of hydrogen-bond donors (Lipinski definition) is 2. The van der Waals surface area contributed by atoms with Gasteiger partial charge in [0, 0.05) is 6.20 Å². The molecule has 0 aliphatic heterocycles. The number of carbonyl (C=O) groups is 2. The maximum absolute atomic E-state index is 11.8. The number of carboxylic acids is 1. The second kappa shape index (κ2) is 5.72. The lowest BCUT2D eigenvalue weighted by Crippen LogP contribution is -2.17. The summed E-state index contributed by atoms with van der Waals surface area (Å²) in [5, 5.41) is 18.9. The fourth-order valence-electron chi connectivity index (χ4n) is 1.61. The Morgan fingerprint density at radius 1 is 1.16 bits per heavy atom. The van der Waals surface area contributed by atoms with E-state index in [1.807, 2.05) is 0 Å². The van der Waals surface area contributed by atoms with E-state index in [-0.39, 0.29) is 17.9 Å². The van der Waals surface area contributed by atoms with Gasteiger partial charge in [-0.3, -0.25) is 4.79 Å². The van der Waals surface area contributed by atoms with Gasteiger partial charge in [0.1, 0.15) is 0 Å². The minimum Gasteiger partial charge on any atom is -0.478 e. The number of carbonyl (C=O) groups excluding carboxylic acids is 1. The summed E-state index contributed by atoms with van der Waals surface area (Å²) in [6, 6.07) is 9.64. The first-order valence-corrected chi connectivity index (χ1v) is 5.55. The van der Waals surface area contributed by atoms with Crippen LogP contribution in [0.5, 0.6) is 0 Å². The normalized spacial score (nSPS) is 9.89. The highest BCUT2D eigenvalue weighted by atomic mass is 16.4. The van der Waals surface area contributed by atoms with Gasteiger partial charge in [0.2, 0.25) is 5.91 Å². The molecule has 1 amide bonds. The number of carboxylic acid groups (broad SMARTS) is 1. The van der Waals surface area contributed by atoms with Crippen LogP contribution in [0.4, 0.5) is 5.82 Å². The largest absolute Gasteiger partial charge is 0.478 e. The van der Waals surface area contributed by atoms with Crippen LogP contribution < -0.4 is 5.32 Å². The highest BCUT2D eigenvalue weighted by Crippen LogP contribution is 2.10. The molecule has 0 atom stereocenters. The van der Waals surface area contributed by atoms with E-state index in [1.54, 1.807) is 30.3 Å². The van der Waals surface area contributed by atoms with Crippen molar-refractivity contribution in [1.29, 1.82) is 0 Å². The minimum atomic E-state index is -1.05. The van der Waals surface area contributed by atoms with Crippen molar-refractivity contribution in [1.82, 2.24) is 10.2 Å². The molecular weight excluding hydrogens is 246 g/mol. The van der Waals surface area contributed by atoms with E-state index in [0.29, 0.717) is 11.4 Å². The van der Waals surface area contributed by atoms with Gasteiger partial charge in [0.25, 0.3) is 0 Å². The summed E-state index contributed by atoms with van der Waals surface area (Å²) in [5.74, 6) is -1.06. The van der Waals surface area contributed by atoms with Crippen LogP contribution in [0.15, 0.2) is 42.6 Å². The summed E-state index contributed by atoms with van der Waals surface area (Å²) in [5.41, 5.74) is 0.577. The summed E-state index contributed by atoms with van der Waals surface area (Å²) in [7, 11) is 0. The first kappa shape index (κ1) is 12.7. The molecular formula is C13H11N3O3. The molecule has 0 spiro atoms. The molecule has 1 aromatic carbocycles. The lowest BCUT2D eigenvalue weighted by Gasteiger charge is -2.06. The van der Waals surface area contributed by atoms with Crippen molar-refractivity contribution in [3.8, 4) is 0 Å². The molecule has 2 N–H and O–H groups in total. The van der Waals surface area contributed by atoms with Gasteiger partial charge < -0.3 is 10.4 Å². The third-order valence-electron chi connectivity index (χ3n) is 2.44. The second-order valence-corrected chi connectivity index (χ2v) is 3.80. The number of nitrogens with zero attached hydrogens (tertiary/aromatic N) is 2. The van der Waals surface area contributed by atoms with Crippen LogP contribution in [0, 0.1) is 0 Å². The minimum absolute atomic E-state index is 0.0287. The van der Waals surface area contributed by atoms with E-state index in [0.717, 1.165) is 0 Å². The van der Waals surface area contributed by atoms with Crippen LogP contribution in [0.1, 0.15) is 15.9 Å². The van der Waals surface area contributed by atoms with Crippen molar-refractivity contribution in [3.05, 3.63) is 53.7 Å². The highest BCUT2D eigenvalue weighted by molar-refractivity contribution is 5.95. The van der Waals surface area contributed by atoms with Crippen LogP contribution in [0.3, 0.4) is 0 Å². The molecule has 96 valence electrons. The Hall–Kier alpha value is -2.76. The zero-order valence-corrected chi connectivity index (χ0v) is 9.91. The van der Waals surface area contributed by atoms with Crippen molar-refractivity contribution in [2.45, 2.75) is 6.42 Å². The van der Waals surface area contributed by atoms with Gasteiger partial charge in [0.05, 0.1) is 12.0 Å². The summed E-state index contributed by atoms with van der Waals surface area (Å²) < 4.78 is 0. The molecule has 0 saturated heterocycles. The molecule has 1 aromatic heterocycles. The predicted molar refractivity (Wildman–Crippen MR) is 67.8 cm³/mol. The lowest BCUT2D eigenvalue weighted by molar-refractivity contribution is -0.115. The molecule has 0 unspecified atom stereocenters. The molecule has 0 aliphatic rings. The molecule has 19 heavy (non-hydrogen) atoms. The summed E-state index contributed by atoms with van der Waals surface area (Å²) in [6.07, 6.45) is 1.47. The molecule has 0 saturated carbocycles. The molecule has 2 aromatic rings. The van der Waals surface area contributed by atoms with Crippen molar-refractivity contribution in [2.75, 3.05) is 5.32 Å². The highest BCUT2D eigenvalue weighted by Gasteiger charge is 2.12. The first-order chi connectivity index (χ1) is 9.16. The summed E-state index contributed by atoms with van der Waals surface area (Å²) >= 11 is 0. The SMILES string of the molecule is O=C(Cc1ccccc1C(=O)O)Nc1cccnn1. The van der Waals surface area contributed by atoms with Crippen LogP contribution in [0.25, 0.3) is 0 Å². The number of rotatable bonds is 4. The van der Waals surface area contributed by atoms with E-state index in [4.69, 9.17) is 5.11 Å². The Bertz CT molecular complexity index is 599. The molecule has 0 aliphatic carbocycles. The van der Waals surface area contributed by atoms with E-state index in [1.165, 1.54) is 12.3 Å². The van der Waals surface area contributed by atoms with Crippen molar-refractivity contribution in [3.63, 3.8) is 0 Å². The maximum atomic E-state index is 11.8. The van der Waals surface area contributed by atoms with Crippen LogP contribution in [-0.2, 0) is 11.2 Å². The predicted octanol–water partition coefficient (Wildman–Crippen LogP) is 1.36. The number of nitrogens with one attached hydrogen (secondary N) is 1. The Kier molecular flexibility index (Phi) is 3.82. The molecule has 1 heterocycles. The zero-order valence-electron chi connectivity index (χ0n) is 9.91. The monoisotopic (exact) mass is 257 g/mol. The summed E-state index contributed by atoms with van der Waals surface area (Å²) in [6.45, 7) is 0. The number of anilines is 1. The molecule has 0 fully saturated rings. The topological polar surface area (TPSA) is 92.2 Å². The van der Waals surface area contributed by atoms with Crippen molar-refractivity contribution >= 4 is 17.7 Å². The standard InChI is InChI=1S/C13H11N3O3/c17-12(15-11-6-3-7-14-16-11)8-9-4-1-2-5-10(9)13(18)19/h1-7H,8H2,(H,18,19)(H,15,16,17). The van der Waals surface area contributed by atoms with Gasteiger partial charge in [0.15, 0.2) is 5.82 Å². The fraction of sp³-hybridized carbons (Fsp3) is 0.0769. The zero-order chi connectivity index (χ0) is 13.7. The Balaban J connectivity index is 2.09. The average Bonchev–Trinajstić information content (AvgIpc) is 2.40. The molecule has 6 nitrogen and oxygen atoms in total. The molecule has 2 rings (SSSR count). The quantitative estimate of drug-likeness (QED) is 0.862. The van der Waals surface area contributed by atoms with Crippen molar-refractivity contribution < 1.29 is 14.7 Å². The van der Waals surface area contributed by atoms with E-state index in [2.05, 4.69) is 15.5 Å². The third-order valence-corrected chi connectivity index (χ3v) is 2.44. The maximum Gasteiger partial charge on any atom is 0.335 e. The van der Waals surface area contributed by atoms with Gasteiger partial charge in [-0.15, -0.1) is 5.10 Å². The second-order valence-electron chi connectivity index (χ2n) is 3.80. The van der Waals surface area contributed by atoms with Gasteiger partial charge in [-0.2, -0.15) is 5.10 Å². The Morgan fingerprint density at radius 3 is 2.63 bits per heavy atom. The molecule has 0 radical (unpaired) electrons.